The van der Waals surface area contributed by atoms with E-state index in [0.29, 0.717) is 0 Å². The third-order valence-corrected chi connectivity index (χ3v) is 3.46. The van der Waals surface area contributed by atoms with Gasteiger partial charge in [0.25, 0.3) is 5.91 Å². The predicted molar refractivity (Wildman–Crippen MR) is 86.1 cm³/mol. The number of carbonyl (C=O) groups is 1. The maximum Gasteiger partial charge on any atom is 0.258 e. The summed E-state index contributed by atoms with van der Waals surface area (Å²) >= 11 is 0. The van der Waals surface area contributed by atoms with Gasteiger partial charge in [0.15, 0.2) is 18.2 Å². The van der Waals surface area contributed by atoms with Crippen molar-refractivity contribution in [2.75, 3.05) is 13.7 Å². The van der Waals surface area contributed by atoms with E-state index >= 15 is 0 Å². The standard InChI is InChI=1S/C18H20FNO3/c1-3-16(13-8-10-14(22-2)11-9-13)20-18(21)12-23-17-7-5-4-6-15(17)19/h4-11,16H,3,12H2,1-2H3,(H,20,21). The lowest BCUT2D eigenvalue weighted by molar-refractivity contribution is -0.123. The van der Waals surface area contributed by atoms with Gasteiger partial charge in [-0.15, -0.1) is 0 Å². The third-order valence-electron chi connectivity index (χ3n) is 3.46. The zero-order valence-corrected chi connectivity index (χ0v) is 13.2. The molecule has 2 aromatic carbocycles. The molecule has 0 aliphatic rings. The Morgan fingerprint density at radius 2 is 1.87 bits per heavy atom. The number of rotatable bonds is 7. The molecule has 0 radical (unpaired) electrons. The fourth-order valence-electron chi connectivity index (χ4n) is 2.20. The summed E-state index contributed by atoms with van der Waals surface area (Å²) < 4.78 is 23.8. The van der Waals surface area contributed by atoms with Crippen LogP contribution in [0.25, 0.3) is 0 Å². The van der Waals surface area contributed by atoms with Crippen LogP contribution in [0.3, 0.4) is 0 Å². The molecule has 0 saturated heterocycles. The van der Waals surface area contributed by atoms with E-state index in [2.05, 4.69) is 5.32 Å². The molecule has 2 rings (SSSR count). The largest absolute Gasteiger partial charge is 0.497 e. The summed E-state index contributed by atoms with van der Waals surface area (Å²) in [6.07, 6.45) is 0.734. The van der Waals surface area contributed by atoms with Gasteiger partial charge in [-0.05, 0) is 36.2 Å². The van der Waals surface area contributed by atoms with E-state index in [1.165, 1.54) is 12.1 Å². The Morgan fingerprint density at radius 1 is 1.17 bits per heavy atom. The number of para-hydroxylation sites is 1. The van der Waals surface area contributed by atoms with E-state index in [9.17, 15) is 9.18 Å². The van der Waals surface area contributed by atoms with Crippen molar-refractivity contribution in [1.82, 2.24) is 5.32 Å². The average molecular weight is 317 g/mol. The van der Waals surface area contributed by atoms with E-state index in [4.69, 9.17) is 9.47 Å². The quantitative estimate of drug-likeness (QED) is 0.850. The number of nitrogens with one attached hydrogen (secondary N) is 1. The number of ether oxygens (including phenoxy) is 2. The first kappa shape index (κ1) is 16.8. The van der Waals surface area contributed by atoms with Gasteiger partial charge in [-0.2, -0.15) is 0 Å². The molecule has 122 valence electrons. The molecule has 0 saturated carbocycles. The van der Waals surface area contributed by atoms with Crippen LogP contribution in [0, 0.1) is 5.82 Å². The number of halogens is 1. The molecule has 0 bridgehead atoms. The van der Waals surface area contributed by atoms with Crippen molar-refractivity contribution in [1.29, 1.82) is 0 Å². The molecule has 0 spiro atoms. The number of methoxy groups -OCH3 is 1. The van der Waals surface area contributed by atoms with Crippen molar-refractivity contribution in [2.45, 2.75) is 19.4 Å². The summed E-state index contributed by atoms with van der Waals surface area (Å²) in [6, 6.07) is 13.4. The molecule has 0 aliphatic heterocycles. The minimum Gasteiger partial charge on any atom is -0.497 e. The lowest BCUT2D eigenvalue weighted by Gasteiger charge is -2.18. The molecular formula is C18H20FNO3. The van der Waals surface area contributed by atoms with Crippen LogP contribution in [0.15, 0.2) is 48.5 Å². The molecule has 23 heavy (non-hydrogen) atoms. The number of carbonyl (C=O) groups excluding carboxylic acids is 1. The van der Waals surface area contributed by atoms with Crippen LogP contribution in [0.5, 0.6) is 11.5 Å². The molecule has 0 aromatic heterocycles. The summed E-state index contributed by atoms with van der Waals surface area (Å²) in [6.45, 7) is 1.75. The molecule has 1 unspecified atom stereocenters. The van der Waals surface area contributed by atoms with Crippen LogP contribution in [0.1, 0.15) is 24.9 Å². The summed E-state index contributed by atoms with van der Waals surface area (Å²) in [7, 11) is 1.61. The zero-order valence-electron chi connectivity index (χ0n) is 13.2. The Bertz CT molecular complexity index is 643. The van der Waals surface area contributed by atoms with Crippen LogP contribution in [0.4, 0.5) is 4.39 Å². The van der Waals surface area contributed by atoms with Crippen molar-refractivity contribution in [3.05, 3.63) is 59.9 Å². The van der Waals surface area contributed by atoms with Gasteiger partial charge in [0.2, 0.25) is 0 Å². The van der Waals surface area contributed by atoms with E-state index < -0.39 is 5.82 Å². The first-order chi connectivity index (χ1) is 11.1. The number of hydrogen-bond acceptors (Lipinski definition) is 3. The second-order valence-corrected chi connectivity index (χ2v) is 5.02. The Balaban J connectivity index is 1.92. The van der Waals surface area contributed by atoms with E-state index in [1.807, 2.05) is 31.2 Å². The highest BCUT2D eigenvalue weighted by Crippen LogP contribution is 2.20. The Hall–Kier alpha value is -2.56. The van der Waals surface area contributed by atoms with Crippen LogP contribution < -0.4 is 14.8 Å². The smallest absolute Gasteiger partial charge is 0.258 e. The van der Waals surface area contributed by atoms with Crippen molar-refractivity contribution in [3.63, 3.8) is 0 Å². The van der Waals surface area contributed by atoms with Crippen LogP contribution >= 0.6 is 0 Å². The highest BCUT2D eigenvalue weighted by atomic mass is 19.1. The Kier molecular flexibility index (Phi) is 5.97. The van der Waals surface area contributed by atoms with Gasteiger partial charge in [-0.1, -0.05) is 31.2 Å². The molecule has 0 heterocycles. The van der Waals surface area contributed by atoms with Crippen molar-refractivity contribution < 1.29 is 18.7 Å². The van der Waals surface area contributed by atoms with E-state index in [0.717, 1.165) is 17.7 Å². The van der Waals surface area contributed by atoms with Gasteiger partial charge in [-0.25, -0.2) is 4.39 Å². The monoisotopic (exact) mass is 317 g/mol. The van der Waals surface area contributed by atoms with Gasteiger partial charge >= 0.3 is 0 Å². The molecule has 0 aliphatic carbocycles. The number of benzene rings is 2. The number of amides is 1. The number of hydrogen-bond donors (Lipinski definition) is 1. The van der Waals surface area contributed by atoms with Gasteiger partial charge in [0.05, 0.1) is 13.2 Å². The summed E-state index contributed by atoms with van der Waals surface area (Å²) in [5, 5.41) is 2.88. The fraction of sp³-hybridized carbons (Fsp3) is 0.278. The highest BCUT2D eigenvalue weighted by molar-refractivity contribution is 5.78. The summed E-state index contributed by atoms with van der Waals surface area (Å²) in [5.74, 6) is 0.0522. The molecule has 5 heteroatoms. The topological polar surface area (TPSA) is 47.6 Å². The SMILES string of the molecule is CCC(NC(=O)COc1ccccc1F)c1ccc(OC)cc1. The van der Waals surface area contributed by atoms with Crippen molar-refractivity contribution >= 4 is 5.91 Å². The molecule has 0 fully saturated rings. The van der Waals surface area contributed by atoms with Crippen molar-refractivity contribution in [3.8, 4) is 11.5 Å². The highest BCUT2D eigenvalue weighted by Gasteiger charge is 2.14. The predicted octanol–water partition coefficient (Wildman–Crippen LogP) is 3.48. The molecule has 1 amide bonds. The molecule has 2 aromatic rings. The maximum atomic E-state index is 13.4. The van der Waals surface area contributed by atoms with Crippen LogP contribution in [-0.2, 0) is 4.79 Å². The molecule has 1 N–H and O–H groups in total. The van der Waals surface area contributed by atoms with E-state index in [-0.39, 0.29) is 24.3 Å². The third kappa shape index (κ3) is 4.71. The lowest BCUT2D eigenvalue weighted by Crippen LogP contribution is -2.32. The Morgan fingerprint density at radius 3 is 2.48 bits per heavy atom. The summed E-state index contributed by atoms with van der Waals surface area (Å²) in [4.78, 5) is 12.0. The second-order valence-electron chi connectivity index (χ2n) is 5.02. The minimum atomic E-state index is -0.484. The van der Waals surface area contributed by atoms with Crippen LogP contribution in [-0.4, -0.2) is 19.6 Å². The van der Waals surface area contributed by atoms with Crippen molar-refractivity contribution in [2.24, 2.45) is 0 Å². The first-order valence-electron chi connectivity index (χ1n) is 7.44. The maximum absolute atomic E-state index is 13.4. The average Bonchev–Trinajstić information content (AvgIpc) is 2.59. The minimum absolute atomic E-state index is 0.0696. The summed E-state index contributed by atoms with van der Waals surface area (Å²) in [5.41, 5.74) is 0.979. The molecular weight excluding hydrogens is 297 g/mol. The van der Waals surface area contributed by atoms with Gasteiger partial charge in [0, 0.05) is 0 Å². The molecule has 1 atom stereocenters. The zero-order chi connectivity index (χ0) is 16.7. The fourth-order valence-corrected chi connectivity index (χ4v) is 2.20. The van der Waals surface area contributed by atoms with Gasteiger partial charge in [-0.3, -0.25) is 4.79 Å². The van der Waals surface area contributed by atoms with E-state index in [1.54, 1.807) is 19.2 Å². The lowest BCUT2D eigenvalue weighted by atomic mass is 10.0. The van der Waals surface area contributed by atoms with Gasteiger partial charge in [0.1, 0.15) is 5.75 Å². The molecule has 4 nitrogen and oxygen atoms in total. The Labute approximate surface area is 135 Å². The normalized spacial score (nSPS) is 11.6. The first-order valence-corrected chi connectivity index (χ1v) is 7.44. The van der Waals surface area contributed by atoms with Gasteiger partial charge < -0.3 is 14.8 Å². The van der Waals surface area contributed by atoms with Crippen LogP contribution in [0.2, 0.25) is 0 Å². The second kappa shape index (κ2) is 8.17.